The van der Waals surface area contributed by atoms with Gasteiger partial charge in [-0.2, -0.15) is 5.10 Å². The second-order valence-electron chi connectivity index (χ2n) is 6.12. The summed E-state index contributed by atoms with van der Waals surface area (Å²) in [6.45, 7) is 1.97. The van der Waals surface area contributed by atoms with E-state index >= 15 is 0 Å². The fourth-order valence-electron chi connectivity index (χ4n) is 2.95. The summed E-state index contributed by atoms with van der Waals surface area (Å²) in [6, 6.07) is 10.6. The first-order valence-electron chi connectivity index (χ1n) is 8.15. The van der Waals surface area contributed by atoms with Crippen molar-refractivity contribution in [2.45, 2.75) is 6.92 Å². The molecule has 0 saturated heterocycles. The van der Waals surface area contributed by atoms with Gasteiger partial charge >= 0.3 is 0 Å². The van der Waals surface area contributed by atoms with Crippen molar-refractivity contribution < 1.29 is 8.78 Å². The van der Waals surface area contributed by atoms with E-state index in [9.17, 15) is 8.78 Å². The van der Waals surface area contributed by atoms with E-state index in [1.807, 2.05) is 18.4 Å². The number of thiophene rings is 1. The zero-order valence-corrected chi connectivity index (χ0v) is 16.1. The Morgan fingerprint density at radius 3 is 2.59 bits per heavy atom. The van der Waals surface area contributed by atoms with Crippen LogP contribution in [-0.4, -0.2) is 14.8 Å². The molecule has 3 nitrogen and oxygen atoms in total. The molecule has 7 heteroatoms. The van der Waals surface area contributed by atoms with Gasteiger partial charge in [-0.15, -0.1) is 11.3 Å². The molecule has 0 radical (unpaired) electrons. The SMILES string of the molecule is Cc1c(-c2nc(-c3cc(F)ccc3Cl)nn2C)csc1-c1cccc(F)c1. The number of benzene rings is 2. The van der Waals surface area contributed by atoms with Crippen molar-refractivity contribution in [1.82, 2.24) is 14.8 Å². The van der Waals surface area contributed by atoms with Gasteiger partial charge in [-0.3, -0.25) is 0 Å². The van der Waals surface area contributed by atoms with Crippen LogP contribution in [0.25, 0.3) is 33.2 Å². The molecular weight excluding hydrogens is 388 g/mol. The summed E-state index contributed by atoms with van der Waals surface area (Å²) in [5, 5.41) is 6.75. The third kappa shape index (κ3) is 3.26. The molecule has 0 spiro atoms. The van der Waals surface area contributed by atoms with Gasteiger partial charge < -0.3 is 0 Å². The number of halogens is 3. The third-order valence-electron chi connectivity index (χ3n) is 4.30. The second kappa shape index (κ2) is 6.87. The highest BCUT2D eigenvalue weighted by Gasteiger charge is 2.19. The van der Waals surface area contributed by atoms with E-state index in [1.165, 1.54) is 41.7 Å². The highest BCUT2D eigenvalue weighted by atomic mass is 35.5. The summed E-state index contributed by atoms with van der Waals surface area (Å²) in [5.41, 5.74) is 3.14. The number of rotatable bonds is 3. The van der Waals surface area contributed by atoms with Crippen LogP contribution in [0.4, 0.5) is 8.78 Å². The summed E-state index contributed by atoms with van der Waals surface area (Å²) in [4.78, 5) is 5.54. The molecule has 0 saturated carbocycles. The van der Waals surface area contributed by atoms with Gasteiger partial charge in [0.15, 0.2) is 11.6 Å². The average molecular weight is 402 g/mol. The lowest BCUT2D eigenvalue weighted by Gasteiger charge is -2.02. The van der Waals surface area contributed by atoms with Crippen LogP contribution < -0.4 is 0 Å². The Kier molecular flexibility index (Phi) is 4.53. The van der Waals surface area contributed by atoms with Crippen molar-refractivity contribution >= 4 is 22.9 Å². The molecule has 27 heavy (non-hydrogen) atoms. The summed E-state index contributed by atoms with van der Waals surface area (Å²) < 4.78 is 28.8. The predicted molar refractivity (Wildman–Crippen MR) is 105 cm³/mol. The van der Waals surface area contributed by atoms with Crippen LogP contribution >= 0.6 is 22.9 Å². The van der Waals surface area contributed by atoms with Gasteiger partial charge in [0.25, 0.3) is 0 Å². The Hall–Kier alpha value is -2.57. The molecule has 2 aromatic carbocycles. The van der Waals surface area contributed by atoms with Gasteiger partial charge in [-0.05, 0) is 48.4 Å². The van der Waals surface area contributed by atoms with E-state index in [2.05, 4.69) is 10.1 Å². The Morgan fingerprint density at radius 1 is 1.04 bits per heavy atom. The molecule has 0 aliphatic rings. The van der Waals surface area contributed by atoms with Gasteiger partial charge in [0, 0.05) is 28.4 Å². The Balaban J connectivity index is 1.79. The van der Waals surface area contributed by atoms with Crippen molar-refractivity contribution in [2.24, 2.45) is 7.05 Å². The first kappa shape index (κ1) is 17.8. The van der Waals surface area contributed by atoms with E-state index in [0.717, 1.165) is 21.6 Å². The lowest BCUT2D eigenvalue weighted by atomic mass is 10.1. The van der Waals surface area contributed by atoms with E-state index < -0.39 is 5.82 Å². The maximum atomic E-state index is 13.6. The van der Waals surface area contributed by atoms with Crippen LogP contribution in [0, 0.1) is 18.6 Å². The number of aryl methyl sites for hydroxylation is 1. The zero-order valence-electron chi connectivity index (χ0n) is 14.5. The topological polar surface area (TPSA) is 30.7 Å². The normalized spacial score (nSPS) is 11.1. The first-order chi connectivity index (χ1) is 12.9. The molecule has 0 aliphatic carbocycles. The van der Waals surface area contributed by atoms with Crippen LogP contribution in [0.1, 0.15) is 5.56 Å². The summed E-state index contributed by atoms with van der Waals surface area (Å²) in [5.74, 6) is 0.323. The Morgan fingerprint density at radius 2 is 1.81 bits per heavy atom. The van der Waals surface area contributed by atoms with Gasteiger partial charge in [-0.1, -0.05) is 23.7 Å². The number of aromatic nitrogens is 3. The molecule has 2 heterocycles. The molecule has 0 amide bonds. The fourth-order valence-corrected chi connectivity index (χ4v) is 4.22. The molecule has 0 aliphatic heterocycles. The Labute approximate surface area is 163 Å². The lowest BCUT2D eigenvalue weighted by Crippen LogP contribution is -1.95. The molecule has 2 aromatic heterocycles. The van der Waals surface area contributed by atoms with E-state index in [4.69, 9.17) is 11.6 Å². The summed E-state index contributed by atoms with van der Waals surface area (Å²) in [6.07, 6.45) is 0. The van der Waals surface area contributed by atoms with Crippen LogP contribution in [-0.2, 0) is 7.05 Å². The van der Waals surface area contributed by atoms with E-state index in [0.29, 0.717) is 22.2 Å². The molecule has 136 valence electrons. The monoisotopic (exact) mass is 401 g/mol. The van der Waals surface area contributed by atoms with Crippen LogP contribution in [0.5, 0.6) is 0 Å². The van der Waals surface area contributed by atoms with Gasteiger partial charge in [-0.25, -0.2) is 18.4 Å². The highest BCUT2D eigenvalue weighted by Crippen LogP contribution is 2.38. The van der Waals surface area contributed by atoms with Gasteiger partial charge in [0.05, 0.1) is 5.02 Å². The van der Waals surface area contributed by atoms with Crippen molar-refractivity contribution in [3.8, 4) is 33.2 Å². The maximum Gasteiger partial charge on any atom is 0.183 e. The summed E-state index contributed by atoms with van der Waals surface area (Å²) >= 11 is 7.70. The number of nitrogens with zero attached hydrogens (tertiary/aromatic N) is 3. The average Bonchev–Trinajstić information content (AvgIpc) is 3.19. The van der Waals surface area contributed by atoms with Crippen molar-refractivity contribution in [3.63, 3.8) is 0 Å². The van der Waals surface area contributed by atoms with Gasteiger partial charge in [0.2, 0.25) is 0 Å². The predicted octanol–water partition coefficient (Wildman–Crippen LogP) is 6.12. The standard InChI is InChI=1S/C20H14ClF2N3S/c1-11-16(10-27-18(11)12-4-3-5-13(22)8-12)20-24-19(25-26(20)2)15-9-14(23)6-7-17(15)21/h3-10H,1-2H3. The lowest BCUT2D eigenvalue weighted by molar-refractivity contribution is 0.628. The van der Waals surface area contributed by atoms with Crippen molar-refractivity contribution in [2.75, 3.05) is 0 Å². The zero-order chi connectivity index (χ0) is 19.1. The van der Waals surface area contributed by atoms with Crippen LogP contribution in [0.2, 0.25) is 5.02 Å². The van der Waals surface area contributed by atoms with Gasteiger partial charge in [0.1, 0.15) is 11.6 Å². The molecule has 4 aromatic rings. The highest BCUT2D eigenvalue weighted by molar-refractivity contribution is 7.14. The second-order valence-corrected chi connectivity index (χ2v) is 7.41. The molecule has 0 atom stereocenters. The maximum absolute atomic E-state index is 13.6. The minimum absolute atomic E-state index is 0.274. The minimum atomic E-state index is -0.400. The molecule has 0 N–H and O–H groups in total. The van der Waals surface area contributed by atoms with Crippen LogP contribution in [0.15, 0.2) is 47.8 Å². The molecule has 0 unspecified atom stereocenters. The van der Waals surface area contributed by atoms with Crippen molar-refractivity contribution in [3.05, 3.63) is 70.1 Å². The van der Waals surface area contributed by atoms with E-state index in [1.54, 1.807) is 17.8 Å². The smallest absolute Gasteiger partial charge is 0.183 e. The molecule has 4 rings (SSSR count). The van der Waals surface area contributed by atoms with Crippen LogP contribution in [0.3, 0.4) is 0 Å². The summed E-state index contributed by atoms with van der Waals surface area (Å²) in [7, 11) is 1.78. The minimum Gasteiger partial charge on any atom is -0.248 e. The third-order valence-corrected chi connectivity index (χ3v) is 5.76. The van der Waals surface area contributed by atoms with Crippen molar-refractivity contribution in [1.29, 1.82) is 0 Å². The fraction of sp³-hybridized carbons (Fsp3) is 0.100. The molecular formula is C20H14ClF2N3S. The number of hydrogen-bond acceptors (Lipinski definition) is 3. The largest absolute Gasteiger partial charge is 0.248 e. The number of hydrogen-bond donors (Lipinski definition) is 0. The Bertz CT molecular complexity index is 1150. The first-order valence-corrected chi connectivity index (χ1v) is 9.40. The quantitative estimate of drug-likeness (QED) is 0.414. The molecule has 0 bridgehead atoms. The molecule has 0 fully saturated rings. The van der Waals surface area contributed by atoms with E-state index in [-0.39, 0.29) is 5.82 Å².